The molecule has 0 bridgehead atoms. The number of benzene rings is 1. The van der Waals surface area contributed by atoms with Crippen molar-refractivity contribution in [2.24, 2.45) is 5.73 Å². The molecular weight excluding hydrogens is 296 g/mol. The normalized spacial score (nSPS) is 11.1. The van der Waals surface area contributed by atoms with E-state index in [0.717, 1.165) is 0 Å². The van der Waals surface area contributed by atoms with Crippen LogP contribution in [0.4, 0.5) is 5.69 Å². The van der Waals surface area contributed by atoms with E-state index in [-0.39, 0.29) is 4.66 Å². The topological polar surface area (TPSA) is 89.3 Å². The third kappa shape index (κ3) is 3.21. The van der Waals surface area contributed by atoms with Gasteiger partial charge in [-0.1, -0.05) is 15.9 Å². The minimum Gasteiger partial charge on any atom is -0.366 e. The molecule has 3 N–H and O–H groups in total. The van der Waals surface area contributed by atoms with Crippen molar-refractivity contribution in [3.8, 4) is 0 Å². The molecule has 7 heteroatoms. The van der Waals surface area contributed by atoms with Crippen LogP contribution < -0.4 is 10.5 Å². The number of anilines is 1. The maximum atomic E-state index is 11.3. The zero-order chi connectivity index (χ0) is 12.3. The summed E-state index contributed by atoms with van der Waals surface area (Å²) in [6, 6.07) is 4.52. The lowest BCUT2D eigenvalue weighted by atomic mass is 10.1. The molecule has 0 aromatic heterocycles. The second kappa shape index (κ2) is 4.84. The molecule has 0 atom stereocenters. The van der Waals surface area contributed by atoms with Gasteiger partial charge < -0.3 is 5.73 Å². The number of alkyl halides is 1. The number of carbonyl (C=O) groups excluding carboxylic acids is 1. The van der Waals surface area contributed by atoms with Crippen LogP contribution in [0.1, 0.15) is 15.9 Å². The van der Waals surface area contributed by atoms with Crippen molar-refractivity contribution in [3.05, 3.63) is 29.3 Å². The summed E-state index contributed by atoms with van der Waals surface area (Å²) in [6.45, 7) is 1.69. The minimum atomic E-state index is -3.38. The van der Waals surface area contributed by atoms with Crippen LogP contribution in [-0.4, -0.2) is 19.0 Å². The molecule has 0 saturated heterocycles. The highest BCUT2D eigenvalue weighted by Gasteiger charge is 2.10. The van der Waals surface area contributed by atoms with Crippen molar-refractivity contribution in [2.75, 3.05) is 9.38 Å². The molecule has 1 aromatic rings. The fourth-order valence-electron chi connectivity index (χ4n) is 1.13. The molecule has 0 aliphatic heterocycles. The summed E-state index contributed by atoms with van der Waals surface area (Å²) in [5, 5.41) is 0. The van der Waals surface area contributed by atoms with E-state index in [1.54, 1.807) is 6.92 Å². The van der Waals surface area contributed by atoms with E-state index < -0.39 is 15.9 Å². The van der Waals surface area contributed by atoms with Crippen molar-refractivity contribution in [3.63, 3.8) is 0 Å². The van der Waals surface area contributed by atoms with Crippen LogP contribution in [0, 0.1) is 6.92 Å². The van der Waals surface area contributed by atoms with Gasteiger partial charge in [0.05, 0.1) is 5.69 Å². The minimum absolute atomic E-state index is 0.184. The molecule has 1 amide bonds. The smallest absolute Gasteiger partial charge is 0.248 e. The lowest BCUT2D eigenvalue weighted by Gasteiger charge is -2.09. The van der Waals surface area contributed by atoms with Crippen molar-refractivity contribution in [1.29, 1.82) is 0 Å². The Bertz CT molecular complexity index is 513. The van der Waals surface area contributed by atoms with E-state index in [2.05, 4.69) is 20.7 Å². The summed E-state index contributed by atoms with van der Waals surface area (Å²) in [5.41, 5.74) is 6.52. The van der Waals surface area contributed by atoms with Gasteiger partial charge in [0, 0.05) is 5.56 Å². The second-order valence-electron chi connectivity index (χ2n) is 3.22. The van der Waals surface area contributed by atoms with Crippen molar-refractivity contribution >= 4 is 37.5 Å². The summed E-state index contributed by atoms with van der Waals surface area (Å²) >= 11 is 2.87. The molecule has 0 unspecified atom stereocenters. The van der Waals surface area contributed by atoms with E-state index >= 15 is 0 Å². The third-order valence-electron chi connectivity index (χ3n) is 1.92. The van der Waals surface area contributed by atoms with E-state index in [0.29, 0.717) is 16.8 Å². The van der Waals surface area contributed by atoms with Crippen LogP contribution in [0.25, 0.3) is 0 Å². The molecule has 0 saturated carbocycles. The lowest BCUT2D eigenvalue weighted by Crippen LogP contribution is -2.15. The van der Waals surface area contributed by atoms with Crippen LogP contribution in [-0.2, 0) is 10.0 Å². The number of hydrogen-bond donors (Lipinski definition) is 2. The Kier molecular flexibility index (Phi) is 3.93. The Morgan fingerprint density at radius 2 is 2.12 bits per heavy atom. The standard InChI is InChI=1S/C9H11BrN2O3S/c1-6-4-7(9(11)13)2-3-8(6)12-16(14,15)5-10/h2-4,12H,5H2,1H3,(H2,11,13). The molecule has 88 valence electrons. The van der Waals surface area contributed by atoms with E-state index in [4.69, 9.17) is 5.73 Å². The Morgan fingerprint density at radius 3 is 2.56 bits per heavy atom. The summed E-state index contributed by atoms with van der Waals surface area (Å²) in [7, 11) is -3.38. The molecule has 0 fully saturated rings. The summed E-state index contributed by atoms with van der Waals surface area (Å²) in [4.78, 5) is 10.9. The average Bonchev–Trinajstić information content (AvgIpc) is 2.20. The maximum absolute atomic E-state index is 11.3. The first-order valence-corrected chi connectivity index (χ1v) is 7.10. The van der Waals surface area contributed by atoms with Gasteiger partial charge in [-0.05, 0) is 30.7 Å². The number of halogens is 1. The second-order valence-corrected chi connectivity index (χ2v) is 6.25. The van der Waals surface area contributed by atoms with Gasteiger partial charge in [-0.15, -0.1) is 0 Å². The number of amides is 1. The number of sulfonamides is 1. The van der Waals surface area contributed by atoms with Gasteiger partial charge >= 0.3 is 0 Å². The first-order valence-electron chi connectivity index (χ1n) is 4.32. The van der Waals surface area contributed by atoms with Gasteiger partial charge in [0.15, 0.2) is 0 Å². The van der Waals surface area contributed by atoms with Gasteiger partial charge in [-0.2, -0.15) is 0 Å². The number of aryl methyl sites for hydroxylation is 1. The van der Waals surface area contributed by atoms with Crippen LogP contribution in [0.3, 0.4) is 0 Å². The Hall–Kier alpha value is -1.08. The largest absolute Gasteiger partial charge is 0.366 e. The average molecular weight is 307 g/mol. The lowest BCUT2D eigenvalue weighted by molar-refractivity contribution is 0.1000. The highest BCUT2D eigenvalue weighted by atomic mass is 79.9. The number of rotatable bonds is 4. The number of nitrogens with one attached hydrogen (secondary N) is 1. The molecule has 1 aromatic carbocycles. The number of carbonyl (C=O) groups is 1. The molecule has 0 radical (unpaired) electrons. The summed E-state index contributed by atoms with van der Waals surface area (Å²) in [5.74, 6) is -0.544. The molecular formula is C9H11BrN2O3S. The van der Waals surface area contributed by atoms with Crippen LogP contribution in [0.5, 0.6) is 0 Å². The van der Waals surface area contributed by atoms with Crippen molar-refractivity contribution in [2.45, 2.75) is 6.92 Å². The van der Waals surface area contributed by atoms with E-state index in [1.807, 2.05) is 0 Å². The number of nitrogens with two attached hydrogens (primary N) is 1. The molecule has 16 heavy (non-hydrogen) atoms. The third-order valence-corrected chi connectivity index (χ3v) is 4.55. The van der Waals surface area contributed by atoms with E-state index in [1.165, 1.54) is 18.2 Å². The van der Waals surface area contributed by atoms with Crippen LogP contribution in [0.2, 0.25) is 0 Å². The van der Waals surface area contributed by atoms with Gasteiger partial charge in [0.2, 0.25) is 15.9 Å². The Labute approximate surface area is 102 Å². The monoisotopic (exact) mass is 306 g/mol. The molecule has 1 rings (SSSR count). The predicted octanol–water partition coefficient (Wildman–Crippen LogP) is 1.19. The first kappa shape index (κ1) is 13.0. The Morgan fingerprint density at radius 1 is 1.50 bits per heavy atom. The number of hydrogen-bond acceptors (Lipinski definition) is 3. The Balaban J connectivity index is 3.05. The fourth-order valence-corrected chi connectivity index (χ4v) is 2.09. The molecule has 0 aliphatic carbocycles. The maximum Gasteiger partial charge on any atom is 0.248 e. The van der Waals surface area contributed by atoms with Crippen molar-refractivity contribution < 1.29 is 13.2 Å². The van der Waals surface area contributed by atoms with Crippen LogP contribution in [0.15, 0.2) is 18.2 Å². The highest BCUT2D eigenvalue weighted by Crippen LogP contribution is 2.18. The SMILES string of the molecule is Cc1cc(C(N)=O)ccc1NS(=O)(=O)CBr. The van der Waals surface area contributed by atoms with Gasteiger partial charge in [0.1, 0.15) is 4.66 Å². The molecule has 5 nitrogen and oxygen atoms in total. The zero-order valence-corrected chi connectivity index (χ0v) is 10.9. The highest BCUT2D eigenvalue weighted by molar-refractivity contribution is 9.10. The quantitative estimate of drug-likeness (QED) is 0.819. The van der Waals surface area contributed by atoms with Crippen molar-refractivity contribution in [1.82, 2.24) is 0 Å². The first-order chi connectivity index (χ1) is 7.35. The van der Waals surface area contributed by atoms with Gasteiger partial charge in [0.25, 0.3) is 0 Å². The summed E-state index contributed by atoms with van der Waals surface area (Å²) in [6.07, 6.45) is 0. The molecule has 0 heterocycles. The van der Waals surface area contributed by atoms with Gasteiger partial charge in [-0.3, -0.25) is 9.52 Å². The fraction of sp³-hybridized carbons (Fsp3) is 0.222. The van der Waals surface area contributed by atoms with Gasteiger partial charge in [-0.25, -0.2) is 8.42 Å². The van der Waals surface area contributed by atoms with Crippen LogP contribution >= 0.6 is 15.9 Å². The molecule has 0 spiro atoms. The zero-order valence-electron chi connectivity index (χ0n) is 8.53. The predicted molar refractivity (Wildman–Crippen MR) is 66.0 cm³/mol. The number of primary amides is 1. The summed E-state index contributed by atoms with van der Waals surface area (Å²) < 4.78 is 24.8. The van der Waals surface area contributed by atoms with E-state index in [9.17, 15) is 13.2 Å². The molecule has 0 aliphatic rings.